The van der Waals surface area contributed by atoms with Crippen LogP contribution in [0.5, 0.6) is 0 Å². The van der Waals surface area contributed by atoms with Crippen molar-refractivity contribution in [2.75, 3.05) is 6.54 Å². The van der Waals surface area contributed by atoms with Gasteiger partial charge >= 0.3 is 0 Å². The molecule has 0 bridgehead atoms. The van der Waals surface area contributed by atoms with Gasteiger partial charge in [0, 0.05) is 18.4 Å². The van der Waals surface area contributed by atoms with Gasteiger partial charge in [-0.05, 0) is 43.5 Å². The Morgan fingerprint density at radius 3 is 2.79 bits per heavy atom. The third kappa shape index (κ3) is 3.61. The van der Waals surface area contributed by atoms with Gasteiger partial charge in [0.1, 0.15) is 0 Å². The zero-order chi connectivity index (χ0) is 13.5. The Morgan fingerprint density at radius 2 is 2.05 bits per heavy atom. The minimum atomic E-state index is 0.365. The van der Waals surface area contributed by atoms with Crippen LogP contribution in [0.3, 0.4) is 0 Å². The molecule has 0 aliphatic heterocycles. The molecule has 100 valence electrons. The maximum atomic E-state index is 4.37. The number of hydrogen-bond acceptors (Lipinski definition) is 3. The van der Waals surface area contributed by atoms with E-state index in [1.165, 1.54) is 5.56 Å². The maximum Gasteiger partial charge on any atom is 0.0890 e. The Bertz CT molecular complexity index is 536. The van der Waals surface area contributed by atoms with Crippen molar-refractivity contribution in [1.82, 2.24) is 15.3 Å². The molecule has 0 aliphatic carbocycles. The fourth-order valence-electron chi connectivity index (χ4n) is 2.19. The number of nitrogens with zero attached hydrogens (tertiary/aromatic N) is 2. The molecule has 0 fully saturated rings. The van der Waals surface area contributed by atoms with Crippen molar-refractivity contribution in [2.24, 2.45) is 0 Å². The molecule has 1 heterocycles. The van der Waals surface area contributed by atoms with Crippen molar-refractivity contribution in [2.45, 2.75) is 32.2 Å². The topological polar surface area (TPSA) is 37.8 Å². The first kappa shape index (κ1) is 13.7. The Morgan fingerprint density at radius 1 is 1.26 bits per heavy atom. The molecular weight excluding hydrogens is 234 g/mol. The van der Waals surface area contributed by atoms with E-state index in [9.17, 15) is 0 Å². The molecule has 2 aromatic rings. The predicted molar refractivity (Wildman–Crippen MR) is 80.0 cm³/mol. The molecule has 0 aliphatic rings. The van der Waals surface area contributed by atoms with Crippen molar-refractivity contribution in [3.63, 3.8) is 0 Å². The van der Waals surface area contributed by atoms with Crippen LogP contribution in [0, 0.1) is 0 Å². The number of hydrogen-bond donors (Lipinski definition) is 1. The molecule has 0 saturated heterocycles. The second kappa shape index (κ2) is 7.00. The SMILES string of the molecule is C=CCCC(NCCC)c1ccc2nccnc2c1. The average molecular weight is 255 g/mol. The van der Waals surface area contributed by atoms with Crippen LogP contribution >= 0.6 is 0 Å². The fourth-order valence-corrected chi connectivity index (χ4v) is 2.19. The van der Waals surface area contributed by atoms with E-state index >= 15 is 0 Å². The summed E-state index contributed by atoms with van der Waals surface area (Å²) in [5.41, 5.74) is 3.19. The normalized spacial score (nSPS) is 12.5. The lowest BCUT2D eigenvalue weighted by atomic mass is 10.0. The summed E-state index contributed by atoms with van der Waals surface area (Å²) in [7, 11) is 0. The van der Waals surface area contributed by atoms with Crippen LogP contribution in [-0.2, 0) is 0 Å². The van der Waals surface area contributed by atoms with Crippen molar-refractivity contribution in [3.8, 4) is 0 Å². The van der Waals surface area contributed by atoms with Gasteiger partial charge < -0.3 is 5.32 Å². The Balaban J connectivity index is 2.23. The monoisotopic (exact) mass is 255 g/mol. The Labute approximate surface area is 114 Å². The second-order valence-electron chi connectivity index (χ2n) is 4.68. The van der Waals surface area contributed by atoms with Crippen molar-refractivity contribution in [1.29, 1.82) is 0 Å². The molecular formula is C16H21N3. The highest BCUT2D eigenvalue weighted by atomic mass is 14.9. The van der Waals surface area contributed by atoms with E-state index < -0.39 is 0 Å². The molecule has 1 aromatic carbocycles. The standard InChI is InChI=1S/C16H21N3/c1-3-5-6-14(17-9-4-2)13-7-8-15-16(12-13)19-11-10-18-15/h3,7-8,10-12,14,17H,1,4-6,9H2,2H3. The quantitative estimate of drug-likeness (QED) is 0.768. The molecule has 1 unspecified atom stereocenters. The summed E-state index contributed by atoms with van der Waals surface area (Å²) in [6.07, 6.45) is 8.66. The molecule has 0 radical (unpaired) electrons. The van der Waals surface area contributed by atoms with Crippen molar-refractivity contribution < 1.29 is 0 Å². The summed E-state index contributed by atoms with van der Waals surface area (Å²) in [6, 6.07) is 6.70. The van der Waals surface area contributed by atoms with Crippen LogP contribution in [0.2, 0.25) is 0 Å². The van der Waals surface area contributed by atoms with Gasteiger partial charge in [-0.2, -0.15) is 0 Å². The van der Waals surface area contributed by atoms with Crippen LogP contribution < -0.4 is 5.32 Å². The molecule has 3 nitrogen and oxygen atoms in total. The minimum absolute atomic E-state index is 0.365. The lowest BCUT2D eigenvalue weighted by Crippen LogP contribution is -2.22. The van der Waals surface area contributed by atoms with Crippen LogP contribution in [-0.4, -0.2) is 16.5 Å². The number of aromatic nitrogens is 2. The molecule has 3 heteroatoms. The molecule has 19 heavy (non-hydrogen) atoms. The lowest BCUT2D eigenvalue weighted by Gasteiger charge is -2.18. The summed E-state index contributed by atoms with van der Waals surface area (Å²) in [4.78, 5) is 8.68. The van der Waals surface area contributed by atoms with Gasteiger partial charge in [0.2, 0.25) is 0 Å². The van der Waals surface area contributed by atoms with E-state index in [0.29, 0.717) is 6.04 Å². The molecule has 1 aromatic heterocycles. The number of allylic oxidation sites excluding steroid dienone is 1. The highest BCUT2D eigenvalue weighted by Crippen LogP contribution is 2.21. The van der Waals surface area contributed by atoms with Gasteiger partial charge in [0.25, 0.3) is 0 Å². The third-order valence-electron chi connectivity index (χ3n) is 3.20. The van der Waals surface area contributed by atoms with E-state index in [2.05, 4.69) is 40.9 Å². The van der Waals surface area contributed by atoms with Gasteiger partial charge in [-0.15, -0.1) is 6.58 Å². The van der Waals surface area contributed by atoms with Crippen LogP contribution in [0.4, 0.5) is 0 Å². The van der Waals surface area contributed by atoms with Crippen molar-refractivity contribution in [3.05, 3.63) is 48.8 Å². The molecule has 0 amide bonds. The van der Waals surface area contributed by atoms with Gasteiger partial charge in [0.05, 0.1) is 11.0 Å². The number of benzene rings is 1. The second-order valence-corrected chi connectivity index (χ2v) is 4.68. The summed E-state index contributed by atoms with van der Waals surface area (Å²) in [6.45, 7) is 7.02. The number of nitrogens with one attached hydrogen (secondary N) is 1. The van der Waals surface area contributed by atoms with Gasteiger partial charge in [-0.25, -0.2) is 0 Å². The Hall–Kier alpha value is -1.74. The van der Waals surface area contributed by atoms with Gasteiger partial charge in [0.15, 0.2) is 0 Å². The summed E-state index contributed by atoms with van der Waals surface area (Å²) >= 11 is 0. The van der Waals surface area contributed by atoms with E-state index in [-0.39, 0.29) is 0 Å². The predicted octanol–water partition coefficient (Wildman–Crippen LogP) is 3.64. The zero-order valence-corrected chi connectivity index (χ0v) is 11.5. The highest BCUT2D eigenvalue weighted by Gasteiger charge is 2.10. The summed E-state index contributed by atoms with van der Waals surface area (Å²) in [5, 5.41) is 3.59. The van der Waals surface area contributed by atoms with E-state index in [4.69, 9.17) is 0 Å². The largest absolute Gasteiger partial charge is 0.310 e. The molecule has 1 N–H and O–H groups in total. The summed E-state index contributed by atoms with van der Waals surface area (Å²) in [5.74, 6) is 0. The van der Waals surface area contributed by atoms with Crippen LogP contribution in [0.1, 0.15) is 37.8 Å². The first-order valence-corrected chi connectivity index (χ1v) is 6.90. The van der Waals surface area contributed by atoms with Crippen molar-refractivity contribution >= 4 is 11.0 Å². The van der Waals surface area contributed by atoms with E-state index in [1.54, 1.807) is 12.4 Å². The first-order chi connectivity index (χ1) is 9.35. The first-order valence-electron chi connectivity index (χ1n) is 6.90. The Kier molecular flexibility index (Phi) is 5.04. The zero-order valence-electron chi connectivity index (χ0n) is 11.5. The van der Waals surface area contributed by atoms with Gasteiger partial charge in [-0.3, -0.25) is 9.97 Å². The van der Waals surface area contributed by atoms with E-state index in [1.807, 2.05) is 12.1 Å². The maximum absolute atomic E-state index is 4.37. The average Bonchev–Trinajstić information content (AvgIpc) is 2.47. The molecule has 1 atom stereocenters. The molecule has 0 spiro atoms. The number of rotatable bonds is 7. The third-order valence-corrected chi connectivity index (χ3v) is 3.20. The smallest absolute Gasteiger partial charge is 0.0890 e. The molecule has 2 rings (SSSR count). The van der Waals surface area contributed by atoms with Crippen LogP contribution in [0.25, 0.3) is 11.0 Å². The van der Waals surface area contributed by atoms with Crippen LogP contribution in [0.15, 0.2) is 43.2 Å². The highest BCUT2D eigenvalue weighted by molar-refractivity contribution is 5.74. The lowest BCUT2D eigenvalue weighted by molar-refractivity contribution is 0.503. The summed E-state index contributed by atoms with van der Waals surface area (Å²) < 4.78 is 0. The fraction of sp³-hybridized carbons (Fsp3) is 0.375. The van der Waals surface area contributed by atoms with Gasteiger partial charge in [-0.1, -0.05) is 19.1 Å². The van der Waals surface area contributed by atoms with E-state index in [0.717, 1.165) is 36.8 Å². The molecule has 0 saturated carbocycles. The number of fused-ring (bicyclic) bond motifs is 1. The minimum Gasteiger partial charge on any atom is -0.310 e.